The van der Waals surface area contributed by atoms with Gasteiger partial charge in [0.05, 0.1) is 11.7 Å². The molecule has 33 heavy (non-hydrogen) atoms. The van der Waals surface area contributed by atoms with Gasteiger partial charge in [-0.3, -0.25) is 14.5 Å². The Morgan fingerprint density at radius 1 is 1.00 bits per heavy atom. The van der Waals surface area contributed by atoms with E-state index in [0.717, 1.165) is 28.1 Å². The first-order chi connectivity index (χ1) is 16.0. The zero-order chi connectivity index (χ0) is 23.4. The van der Waals surface area contributed by atoms with Crippen molar-refractivity contribution in [1.82, 2.24) is 0 Å². The first-order valence-electron chi connectivity index (χ1n) is 11.5. The Kier molecular flexibility index (Phi) is 7.19. The smallest absolute Gasteiger partial charge is 0.238 e. The number of thioether (sulfide) groups is 1. The maximum Gasteiger partial charge on any atom is 0.238 e. The lowest BCUT2D eigenvalue weighted by atomic mass is 9.95. The van der Waals surface area contributed by atoms with Crippen LogP contribution in [0.2, 0.25) is 0 Å². The lowest BCUT2D eigenvalue weighted by Gasteiger charge is -2.29. The Labute approximate surface area is 200 Å². The average Bonchev–Trinajstić information content (AvgIpc) is 3.21. The second-order valence-corrected chi connectivity index (χ2v) is 9.66. The highest BCUT2D eigenvalue weighted by molar-refractivity contribution is 8.00. The normalized spacial score (nSPS) is 16.8. The van der Waals surface area contributed by atoms with Crippen molar-refractivity contribution in [2.75, 3.05) is 16.0 Å². The van der Waals surface area contributed by atoms with E-state index >= 15 is 0 Å². The molecule has 3 aromatic rings. The van der Waals surface area contributed by atoms with Gasteiger partial charge >= 0.3 is 0 Å². The van der Waals surface area contributed by atoms with E-state index in [2.05, 4.69) is 25.2 Å². The molecule has 4 rings (SSSR count). The van der Waals surface area contributed by atoms with Crippen molar-refractivity contribution >= 4 is 35.0 Å². The quantitative estimate of drug-likeness (QED) is 0.427. The SMILES string of the molecule is CC[C@H](C(=O)Nc1ccccc1[C@@H]1SCC(=O)N1c1ccccc1C(C)C)c1ccccc1. The van der Waals surface area contributed by atoms with Gasteiger partial charge in [0, 0.05) is 16.9 Å². The second-order valence-electron chi connectivity index (χ2n) is 8.59. The van der Waals surface area contributed by atoms with Crippen molar-refractivity contribution in [2.45, 2.75) is 44.4 Å². The number of carbonyl (C=O) groups is 2. The topological polar surface area (TPSA) is 49.4 Å². The van der Waals surface area contributed by atoms with Crippen LogP contribution in [-0.4, -0.2) is 17.6 Å². The largest absolute Gasteiger partial charge is 0.325 e. The van der Waals surface area contributed by atoms with E-state index in [9.17, 15) is 9.59 Å². The molecule has 1 saturated heterocycles. The highest BCUT2D eigenvalue weighted by Gasteiger charge is 2.37. The first kappa shape index (κ1) is 23.1. The molecule has 0 aromatic heterocycles. The van der Waals surface area contributed by atoms with Gasteiger partial charge < -0.3 is 5.32 Å². The van der Waals surface area contributed by atoms with Crippen molar-refractivity contribution in [1.29, 1.82) is 0 Å². The summed E-state index contributed by atoms with van der Waals surface area (Å²) in [4.78, 5) is 28.2. The number of hydrogen-bond donors (Lipinski definition) is 1. The van der Waals surface area contributed by atoms with Crippen LogP contribution >= 0.6 is 11.8 Å². The van der Waals surface area contributed by atoms with Crippen LogP contribution in [0.5, 0.6) is 0 Å². The van der Waals surface area contributed by atoms with Gasteiger partial charge in [0.2, 0.25) is 11.8 Å². The molecule has 2 amide bonds. The summed E-state index contributed by atoms with van der Waals surface area (Å²) < 4.78 is 0. The minimum atomic E-state index is -0.227. The van der Waals surface area contributed by atoms with E-state index < -0.39 is 0 Å². The zero-order valence-corrected chi connectivity index (χ0v) is 20.1. The number of para-hydroxylation sites is 2. The molecule has 1 fully saturated rings. The molecule has 0 saturated carbocycles. The fourth-order valence-corrected chi connectivity index (χ4v) is 5.62. The summed E-state index contributed by atoms with van der Waals surface area (Å²) in [5, 5.41) is 2.98. The summed E-state index contributed by atoms with van der Waals surface area (Å²) in [6.07, 6.45) is 0.711. The summed E-state index contributed by atoms with van der Waals surface area (Å²) in [7, 11) is 0. The number of amides is 2. The van der Waals surface area contributed by atoms with Crippen molar-refractivity contribution < 1.29 is 9.59 Å². The minimum Gasteiger partial charge on any atom is -0.325 e. The maximum atomic E-state index is 13.3. The number of benzene rings is 3. The summed E-state index contributed by atoms with van der Waals surface area (Å²) in [6.45, 7) is 6.31. The van der Waals surface area contributed by atoms with Crippen LogP contribution in [0.3, 0.4) is 0 Å². The monoisotopic (exact) mass is 458 g/mol. The number of nitrogens with zero attached hydrogens (tertiary/aromatic N) is 1. The maximum absolute atomic E-state index is 13.3. The Hall–Kier alpha value is -3.05. The highest BCUT2D eigenvalue weighted by Crippen LogP contribution is 2.46. The molecular formula is C28H30N2O2S. The molecule has 170 valence electrons. The number of rotatable bonds is 7. The van der Waals surface area contributed by atoms with E-state index in [1.54, 1.807) is 11.8 Å². The van der Waals surface area contributed by atoms with E-state index in [4.69, 9.17) is 0 Å². The van der Waals surface area contributed by atoms with Crippen LogP contribution < -0.4 is 10.2 Å². The van der Waals surface area contributed by atoms with Crippen LogP contribution in [0.4, 0.5) is 11.4 Å². The molecule has 1 aliphatic heterocycles. The Morgan fingerprint density at radius 2 is 1.67 bits per heavy atom. The van der Waals surface area contributed by atoms with Gasteiger partial charge in [0.25, 0.3) is 0 Å². The molecule has 1 heterocycles. The lowest BCUT2D eigenvalue weighted by molar-refractivity contribution is -0.117. The molecule has 0 bridgehead atoms. The van der Waals surface area contributed by atoms with Crippen LogP contribution in [0, 0.1) is 0 Å². The third-order valence-electron chi connectivity index (χ3n) is 6.10. The van der Waals surface area contributed by atoms with Crippen molar-refractivity contribution in [2.24, 2.45) is 0 Å². The molecule has 1 aliphatic rings. The minimum absolute atomic E-state index is 0.0281. The molecule has 0 aliphatic carbocycles. The highest BCUT2D eigenvalue weighted by atomic mass is 32.2. The van der Waals surface area contributed by atoms with Crippen LogP contribution in [0.25, 0.3) is 0 Å². The third-order valence-corrected chi connectivity index (χ3v) is 7.29. The molecule has 0 unspecified atom stereocenters. The molecule has 1 N–H and O–H groups in total. The van der Waals surface area contributed by atoms with Crippen molar-refractivity contribution in [3.8, 4) is 0 Å². The second kappa shape index (κ2) is 10.3. The van der Waals surface area contributed by atoms with E-state index in [-0.39, 0.29) is 23.1 Å². The Balaban J connectivity index is 1.67. The average molecular weight is 459 g/mol. The number of carbonyl (C=O) groups excluding carboxylic acids is 2. The first-order valence-corrected chi connectivity index (χ1v) is 12.5. The van der Waals surface area contributed by atoms with Crippen LogP contribution in [-0.2, 0) is 9.59 Å². The molecule has 5 heteroatoms. The third kappa shape index (κ3) is 4.83. The summed E-state index contributed by atoms with van der Waals surface area (Å²) in [5.74, 6) is 0.553. The molecule has 3 aromatic carbocycles. The summed E-state index contributed by atoms with van der Waals surface area (Å²) in [6, 6.07) is 25.8. The van der Waals surface area contributed by atoms with E-state index in [1.807, 2.05) is 84.6 Å². The number of anilines is 2. The number of hydrogen-bond acceptors (Lipinski definition) is 3. The summed E-state index contributed by atoms with van der Waals surface area (Å²) >= 11 is 1.60. The fraction of sp³-hybridized carbons (Fsp3) is 0.286. The van der Waals surface area contributed by atoms with E-state index in [0.29, 0.717) is 18.1 Å². The predicted molar refractivity (Wildman–Crippen MR) is 138 cm³/mol. The Morgan fingerprint density at radius 3 is 2.39 bits per heavy atom. The van der Waals surface area contributed by atoms with Gasteiger partial charge in [-0.1, -0.05) is 87.5 Å². The Bertz CT molecular complexity index is 1130. The van der Waals surface area contributed by atoms with Gasteiger partial charge in [0.15, 0.2) is 0 Å². The van der Waals surface area contributed by atoms with Gasteiger partial charge in [0.1, 0.15) is 5.37 Å². The van der Waals surface area contributed by atoms with Gasteiger partial charge in [-0.15, -0.1) is 11.8 Å². The lowest BCUT2D eigenvalue weighted by Crippen LogP contribution is -2.30. The van der Waals surface area contributed by atoms with E-state index in [1.165, 1.54) is 0 Å². The standard InChI is InChI=1S/C28H30N2O2S/c1-4-21(20-12-6-5-7-13-20)27(32)29-24-16-10-8-15-23(24)28-30(26(31)18-33-28)25-17-11-9-14-22(25)19(2)3/h5-17,19,21,28H,4,18H2,1-3H3,(H,29,32)/t21-,28-/m0/s1. The van der Waals surface area contributed by atoms with Gasteiger partial charge in [-0.2, -0.15) is 0 Å². The molecule has 0 spiro atoms. The van der Waals surface area contributed by atoms with Gasteiger partial charge in [-0.05, 0) is 35.6 Å². The number of nitrogens with one attached hydrogen (secondary N) is 1. The fourth-order valence-electron chi connectivity index (χ4n) is 4.41. The van der Waals surface area contributed by atoms with Crippen LogP contribution in [0.1, 0.15) is 61.1 Å². The molecule has 0 radical (unpaired) electrons. The molecule has 4 nitrogen and oxygen atoms in total. The zero-order valence-electron chi connectivity index (χ0n) is 19.3. The molecular weight excluding hydrogens is 428 g/mol. The van der Waals surface area contributed by atoms with Crippen molar-refractivity contribution in [3.63, 3.8) is 0 Å². The molecule has 2 atom stereocenters. The predicted octanol–water partition coefficient (Wildman–Crippen LogP) is 6.72. The van der Waals surface area contributed by atoms with Crippen molar-refractivity contribution in [3.05, 3.63) is 95.6 Å². The van der Waals surface area contributed by atoms with Gasteiger partial charge in [-0.25, -0.2) is 0 Å². The van der Waals surface area contributed by atoms with Crippen LogP contribution in [0.15, 0.2) is 78.9 Å². The summed E-state index contributed by atoms with van der Waals surface area (Å²) in [5.41, 5.74) is 4.81.